The topological polar surface area (TPSA) is 104 Å². The van der Waals surface area contributed by atoms with Gasteiger partial charge in [0.1, 0.15) is 11.5 Å². The largest absolute Gasteiger partial charge is 0.464 e. The molecule has 1 heterocycles. The highest BCUT2D eigenvalue weighted by atomic mass is 35.5. The Labute approximate surface area is 185 Å². The summed E-state index contributed by atoms with van der Waals surface area (Å²) in [4.78, 5) is 12.4. The van der Waals surface area contributed by atoms with Crippen molar-refractivity contribution in [2.24, 2.45) is 0 Å². The molecule has 10 heteroatoms. The van der Waals surface area contributed by atoms with Gasteiger partial charge in [0.05, 0.1) is 23.3 Å². The van der Waals surface area contributed by atoms with Gasteiger partial charge in [-0.25, -0.2) is 0 Å². The van der Waals surface area contributed by atoms with Crippen LogP contribution >= 0.6 is 23.4 Å². The Balaban J connectivity index is 1.73. The van der Waals surface area contributed by atoms with Crippen molar-refractivity contribution in [2.75, 3.05) is 32.9 Å². The number of rotatable bonds is 13. The molecule has 1 aromatic heterocycles. The molecular formula is C20H27ClN4O4S. The standard InChI is InChI=1S/C20H27ClN4O4S/c1-24(2)12-17-7-8-18(29-17)14-30-10-9-22-20(13-25(27)28)23-11-19(26)15-3-5-16(21)6-4-15/h3-8,13,19,22-23,26H,9-12,14H2,1-2H3. The van der Waals surface area contributed by atoms with Crippen molar-refractivity contribution >= 4 is 23.4 Å². The first-order valence-electron chi connectivity index (χ1n) is 9.40. The first kappa shape index (κ1) is 24.1. The summed E-state index contributed by atoms with van der Waals surface area (Å²) in [6.07, 6.45) is 0.0446. The fourth-order valence-corrected chi connectivity index (χ4v) is 3.47. The Morgan fingerprint density at radius 3 is 2.63 bits per heavy atom. The van der Waals surface area contributed by atoms with E-state index in [1.807, 2.05) is 31.1 Å². The van der Waals surface area contributed by atoms with Crippen LogP contribution in [0.25, 0.3) is 0 Å². The van der Waals surface area contributed by atoms with Crippen molar-refractivity contribution in [3.05, 3.63) is 80.6 Å². The number of hydrogen-bond donors (Lipinski definition) is 3. The number of nitro groups is 1. The molecule has 0 saturated heterocycles. The van der Waals surface area contributed by atoms with Gasteiger partial charge in [-0.2, -0.15) is 11.8 Å². The van der Waals surface area contributed by atoms with Crippen LogP contribution in [-0.2, 0) is 12.3 Å². The Bertz CT molecular complexity index is 826. The lowest BCUT2D eigenvalue weighted by molar-refractivity contribution is -0.404. The normalized spacial score (nSPS) is 12.8. The van der Waals surface area contributed by atoms with E-state index < -0.39 is 11.0 Å². The minimum absolute atomic E-state index is 0.127. The van der Waals surface area contributed by atoms with Crippen molar-refractivity contribution in [3.63, 3.8) is 0 Å². The fourth-order valence-electron chi connectivity index (χ4n) is 2.60. The number of aliphatic hydroxyl groups is 1. The molecule has 0 spiro atoms. The third kappa shape index (κ3) is 9.08. The monoisotopic (exact) mass is 454 g/mol. The van der Waals surface area contributed by atoms with Gasteiger partial charge in [0.2, 0.25) is 0 Å². The number of hydrogen-bond acceptors (Lipinski definition) is 8. The summed E-state index contributed by atoms with van der Waals surface area (Å²) in [6, 6.07) is 10.7. The van der Waals surface area contributed by atoms with Crippen LogP contribution in [0.3, 0.4) is 0 Å². The average molecular weight is 455 g/mol. The summed E-state index contributed by atoms with van der Waals surface area (Å²) >= 11 is 7.51. The van der Waals surface area contributed by atoms with Crippen LogP contribution in [0.1, 0.15) is 23.2 Å². The summed E-state index contributed by atoms with van der Waals surface area (Å²) in [7, 11) is 3.97. The maximum atomic E-state index is 10.9. The summed E-state index contributed by atoms with van der Waals surface area (Å²) in [6.45, 7) is 1.41. The zero-order valence-corrected chi connectivity index (χ0v) is 18.6. The summed E-state index contributed by atoms with van der Waals surface area (Å²) < 4.78 is 5.76. The molecule has 164 valence electrons. The van der Waals surface area contributed by atoms with Crippen molar-refractivity contribution in [1.29, 1.82) is 0 Å². The van der Waals surface area contributed by atoms with E-state index in [1.54, 1.807) is 36.0 Å². The van der Waals surface area contributed by atoms with Gasteiger partial charge in [0.15, 0.2) is 5.82 Å². The molecule has 0 bridgehead atoms. The van der Waals surface area contributed by atoms with E-state index in [9.17, 15) is 15.2 Å². The molecule has 1 atom stereocenters. The van der Waals surface area contributed by atoms with Gasteiger partial charge in [0, 0.05) is 23.9 Å². The van der Waals surface area contributed by atoms with Crippen LogP contribution in [0.15, 0.2) is 52.8 Å². The van der Waals surface area contributed by atoms with E-state index in [0.29, 0.717) is 17.1 Å². The maximum Gasteiger partial charge on any atom is 0.274 e. The Morgan fingerprint density at radius 1 is 1.27 bits per heavy atom. The number of benzene rings is 1. The SMILES string of the molecule is CN(C)Cc1ccc(CSCCNC(=C[N+](=O)[O-])NCC(O)c2ccc(Cl)cc2)o1. The summed E-state index contributed by atoms with van der Waals surface area (Å²) in [5.74, 6) is 3.54. The van der Waals surface area contributed by atoms with Gasteiger partial charge in [0.25, 0.3) is 6.20 Å². The average Bonchev–Trinajstić information content (AvgIpc) is 3.12. The molecule has 0 radical (unpaired) electrons. The predicted octanol–water partition coefficient (Wildman–Crippen LogP) is 3.22. The zero-order chi connectivity index (χ0) is 21.9. The predicted molar refractivity (Wildman–Crippen MR) is 120 cm³/mol. The van der Waals surface area contributed by atoms with Crippen molar-refractivity contribution in [3.8, 4) is 0 Å². The Morgan fingerprint density at radius 2 is 1.97 bits per heavy atom. The van der Waals surface area contributed by atoms with E-state index in [2.05, 4.69) is 10.6 Å². The van der Waals surface area contributed by atoms with Crippen LogP contribution in [0, 0.1) is 10.1 Å². The van der Waals surface area contributed by atoms with Crippen molar-refractivity contribution in [2.45, 2.75) is 18.4 Å². The molecule has 0 fully saturated rings. The van der Waals surface area contributed by atoms with Crippen LogP contribution in [-0.4, -0.2) is 47.9 Å². The minimum Gasteiger partial charge on any atom is -0.464 e. The molecular weight excluding hydrogens is 428 g/mol. The van der Waals surface area contributed by atoms with Crippen LogP contribution in [0.2, 0.25) is 5.02 Å². The van der Waals surface area contributed by atoms with Gasteiger partial charge in [-0.3, -0.25) is 10.1 Å². The van der Waals surface area contributed by atoms with Crippen LogP contribution in [0.4, 0.5) is 0 Å². The van der Waals surface area contributed by atoms with E-state index >= 15 is 0 Å². The molecule has 0 aliphatic heterocycles. The van der Waals surface area contributed by atoms with Crippen molar-refractivity contribution in [1.82, 2.24) is 15.5 Å². The highest BCUT2D eigenvalue weighted by molar-refractivity contribution is 7.98. The highest BCUT2D eigenvalue weighted by Gasteiger charge is 2.10. The fraction of sp³-hybridized carbons (Fsp3) is 0.400. The van der Waals surface area contributed by atoms with Crippen molar-refractivity contribution < 1.29 is 14.4 Å². The van der Waals surface area contributed by atoms with E-state index in [-0.39, 0.29) is 12.4 Å². The Kier molecular flexibility index (Phi) is 10.0. The molecule has 1 aromatic carbocycles. The maximum absolute atomic E-state index is 10.9. The number of halogens is 1. The number of nitrogens with zero attached hydrogens (tertiary/aromatic N) is 2. The molecule has 0 saturated carbocycles. The highest BCUT2D eigenvalue weighted by Crippen LogP contribution is 2.17. The molecule has 3 N–H and O–H groups in total. The summed E-state index contributed by atoms with van der Waals surface area (Å²) in [5.41, 5.74) is 0.676. The van der Waals surface area contributed by atoms with Gasteiger partial charge >= 0.3 is 0 Å². The lowest BCUT2D eigenvalue weighted by atomic mass is 10.1. The molecule has 8 nitrogen and oxygen atoms in total. The smallest absolute Gasteiger partial charge is 0.274 e. The van der Waals surface area contributed by atoms with Crippen LogP contribution in [0.5, 0.6) is 0 Å². The zero-order valence-electron chi connectivity index (χ0n) is 17.0. The van der Waals surface area contributed by atoms with Gasteiger partial charge in [-0.05, 0) is 43.9 Å². The second-order valence-electron chi connectivity index (χ2n) is 6.86. The molecule has 0 amide bonds. The number of aliphatic hydroxyl groups excluding tert-OH is 1. The lowest BCUT2D eigenvalue weighted by Crippen LogP contribution is -2.31. The van der Waals surface area contributed by atoms with Crippen LogP contribution < -0.4 is 10.6 Å². The van der Waals surface area contributed by atoms with E-state index in [1.165, 1.54) is 0 Å². The minimum atomic E-state index is -0.816. The number of furan rings is 1. The molecule has 0 aliphatic rings. The third-order valence-electron chi connectivity index (χ3n) is 3.97. The molecule has 30 heavy (non-hydrogen) atoms. The molecule has 2 rings (SSSR count). The summed E-state index contributed by atoms with van der Waals surface area (Å²) in [5, 5.41) is 27.6. The van der Waals surface area contributed by atoms with Gasteiger partial charge < -0.3 is 25.1 Å². The molecule has 1 unspecified atom stereocenters. The van der Waals surface area contributed by atoms with E-state index in [4.69, 9.17) is 16.0 Å². The molecule has 2 aromatic rings. The second kappa shape index (κ2) is 12.5. The van der Waals surface area contributed by atoms with E-state index in [0.717, 1.165) is 35.8 Å². The van der Waals surface area contributed by atoms with Gasteiger partial charge in [-0.15, -0.1) is 0 Å². The third-order valence-corrected chi connectivity index (χ3v) is 5.20. The number of thioether (sulfide) groups is 1. The molecule has 0 aliphatic carbocycles. The first-order chi connectivity index (χ1) is 14.3. The number of nitrogens with one attached hydrogen (secondary N) is 2. The second-order valence-corrected chi connectivity index (χ2v) is 8.40. The Hall–Kier alpha value is -2.20. The van der Waals surface area contributed by atoms with Gasteiger partial charge in [-0.1, -0.05) is 23.7 Å². The quantitative estimate of drug-likeness (QED) is 0.241. The first-order valence-corrected chi connectivity index (χ1v) is 10.9. The lowest BCUT2D eigenvalue weighted by Gasteiger charge is -2.15.